The molecule has 0 fully saturated rings. The number of likely N-dealkylation sites (N-methyl/N-ethyl adjacent to an activating group) is 1. The summed E-state index contributed by atoms with van der Waals surface area (Å²) in [6, 6.07) is 9.72. The van der Waals surface area contributed by atoms with Crippen LogP contribution >= 0.6 is 23.2 Å². The van der Waals surface area contributed by atoms with Gasteiger partial charge in [0.1, 0.15) is 0 Å². The minimum absolute atomic E-state index is 0.0254. The molecule has 26 heavy (non-hydrogen) atoms. The van der Waals surface area contributed by atoms with Gasteiger partial charge in [-0.25, -0.2) is 8.42 Å². The fourth-order valence-corrected chi connectivity index (χ4v) is 4.57. The highest BCUT2D eigenvalue weighted by molar-refractivity contribution is 7.92. The van der Waals surface area contributed by atoms with Crippen molar-refractivity contribution in [3.8, 4) is 0 Å². The van der Waals surface area contributed by atoms with E-state index in [1.54, 1.807) is 12.1 Å². The highest BCUT2D eigenvalue weighted by Crippen LogP contribution is 2.30. The summed E-state index contributed by atoms with van der Waals surface area (Å²) in [4.78, 5) is 5.31. The number of benzene rings is 2. The molecule has 0 bridgehead atoms. The first-order valence-corrected chi connectivity index (χ1v) is 10.2. The molecule has 1 heterocycles. The molecule has 8 heteroatoms. The van der Waals surface area contributed by atoms with Crippen molar-refractivity contribution in [1.82, 2.24) is 9.88 Å². The molecule has 3 aromatic rings. The second-order valence-corrected chi connectivity index (χ2v) is 8.86. The molecule has 0 saturated carbocycles. The van der Waals surface area contributed by atoms with E-state index in [4.69, 9.17) is 23.2 Å². The first kappa shape index (κ1) is 19.0. The zero-order valence-electron chi connectivity index (χ0n) is 14.4. The molecule has 0 aliphatic heterocycles. The van der Waals surface area contributed by atoms with Crippen molar-refractivity contribution in [2.24, 2.45) is 0 Å². The number of aromatic nitrogens is 1. The number of nitrogens with zero attached hydrogens (tertiary/aromatic N) is 1. The molecule has 0 spiro atoms. The molecule has 0 saturated heterocycles. The van der Waals surface area contributed by atoms with Gasteiger partial charge >= 0.3 is 0 Å². The lowest BCUT2D eigenvalue weighted by Gasteiger charge is -2.12. The number of anilines is 1. The van der Waals surface area contributed by atoms with Crippen LogP contribution in [0.5, 0.6) is 0 Å². The molecule has 5 nitrogen and oxygen atoms in total. The second-order valence-electron chi connectivity index (χ2n) is 6.31. The Bertz CT molecular complexity index is 1030. The number of H-pyrrole nitrogens is 1. The fraction of sp³-hybridized carbons (Fsp3) is 0.222. The van der Waals surface area contributed by atoms with Gasteiger partial charge in [0, 0.05) is 33.7 Å². The Balaban J connectivity index is 2.01. The molecule has 0 aliphatic rings. The number of fused-ring (bicyclic) bond motifs is 1. The van der Waals surface area contributed by atoms with Crippen molar-refractivity contribution in [2.75, 3.05) is 25.4 Å². The maximum atomic E-state index is 12.8. The molecule has 0 unspecified atom stereocenters. The minimum Gasteiger partial charge on any atom is -0.361 e. The van der Waals surface area contributed by atoms with Crippen LogP contribution in [0.2, 0.25) is 10.0 Å². The van der Waals surface area contributed by atoms with Gasteiger partial charge in [0.05, 0.1) is 10.6 Å². The van der Waals surface area contributed by atoms with Crippen LogP contribution in [0.1, 0.15) is 5.56 Å². The summed E-state index contributed by atoms with van der Waals surface area (Å²) in [7, 11) is 0.184. The Morgan fingerprint density at radius 1 is 1.12 bits per heavy atom. The number of hydrogen-bond acceptors (Lipinski definition) is 3. The second kappa shape index (κ2) is 7.48. The molecule has 0 atom stereocenters. The summed E-state index contributed by atoms with van der Waals surface area (Å²) in [6.07, 6.45) is 2.72. The Labute approximate surface area is 163 Å². The molecule has 1 aromatic heterocycles. The van der Waals surface area contributed by atoms with Crippen molar-refractivity contribution < 1.29 is 8.42 Å². The third-order valence-corrected chi connectivity index (χ3v) is 5.79. The largest absolute Gasteiger partial charge is 0.361 e. The van der Waals surface area contributed by atoms with E-state index in [1.807, 2.05) is 26.4 Å². The molecular formula is C18H19Cl2N3O2S. The summed E-state index contributed by atoms with van der Waals surface area (Å²) in [6.45, 7) is 0.859. The van der Waals surface area contributed by atoms with E-state index in [0.717, 1.165) is 29.4 Å². The van der Waals surface area contributed by atoms with Crippen molar-refractivity contribution in [1.29, 1.82) is 0 Å². The lowest BCUT2D eigenvalue weighted by atomic mass is 10.1. The third-order valence-electron chi connectivity index (χ3n) is 4.01. The zero-order valence-corrected chi connectivity index (χ0v) is 16.7. The number of nitrogens with one attached hydrogen (secondary N) is 2. The molecule has 0 radical (unpaired) electrons. The van der Waals surface area contributed by atoms with Gasteiger partial charge in [-0.2, -0.15) is 0 Å². The van der Waals surface area contributed by atoms with Gasteiger partial charge in [0.25, 0.3) is 10.0 Å². The van der Waals surface area contributed by atoms with Crippen LogP contribution in [0, 0.1) is 0 Å². The number of hydrogen-bond donors (Lipinski definition) is 2. The van der Waals surface area contributed by atoms with Gasteiger partial charge in [0.2, 0.25) is 0 Å². The van der Waals surface area contributed by atoms with Gasteiger partial charge in [-0.15, -0.1) is 0 Å². The van der Waals surface area contributed by atoms with E-state index in [9.17, 15) is 8.42 Å². The standard InChI is InChI=1S/C18H19Cl2N3O2S/c1-23(2)7-6-12-11-21-16-4-3-5-17(18(12)16)22-26(24,25)15-9-13(19)8-14(20)10-15/h3-5,8-11,21-22H,6-7H2,1-2H3. The summed E-state index contributed by atoms with van der Waals surface area (Å²) in [5.74, 6) is 0. The monoisotopic (exact) mass is 411 g/mol. The number of aromatic amines is 1. The summed E-state index contributed by atoms with van der Waals surface area (Å²) < 4.78 is 28.3. The topological polar surface area (TPSA) is 65.2 Å². The molecular weight excluding hydrogens is 393 g/mol. The van der Waals surface area contributed by atoms with Gasteiger partial charge in [-0.3, -0.25) is 4.72 Å². The maximum Gasteiger partial charge on any atom is 0.262 e. The van der Waals surface area contributed by atoms with E-state index in [0.29, 0.717) is 5.69 Å². The van der Waals surface area contributed by atoms with Gasteiger partial charge in [-0.1, -0.05) is 29.3 Å². The van der Waals surface area contributed by atoms with Crippen molar-refractivity contribution >= 4 is 49.8 Å². The predicted molar refractivity (Wildman–Crippen MR) is 108 cm³/mol. The maximum absolute atomic E-state index is 12.8. The molecule has 2 N–H and O–H groups in total. The average Bonchev–Trinajstić information content (AvgIpc) is 2.96. The van der Waals surface area contributed by atoms with E-state index in [2.05, 4.69) is 14.6 Å². The van der Waals surface area contributed by atoms with Crippen LogP contribution in [0.15, 0.2) is 47.5 Å². The van der Waals surface area contributed by atoms with Gasteiger partial charge < -0.3 is 9.88 Å². The van der Waals surface area contributed by atoms with Crippen LogP contribution < -0.4 is 4.72 Å². The Morgan fingerprint density at radius 2 is 1.81 bits per heavy atom. The van der Waals surface area contributed by atoms with Crippen LogP contribution in [0.4, 0.5) is 5.69 Å². The Kier molecular flexibility index (Phi) is 5.48. The normalized spacial score (nSPS) is 12.0. The smallest absolute Gasteiger partial charge is 0.262 e. The van der Waals surface area contributed by atoms with Crippen LogP contribution in [-0.4, -0.2) is 38.9 Å². The lowest BCUT2D eigenvalue weighted by Crippen LogP contribution is -2.15. The number of sulfonamides is 1. The summed E-state index contributed by atoms with van der Waals surface area (Å²) in [5.41, 5.74) is 2.45. The Morgan fingerprint density at radius 3 is 2.46 bits per heavy atom. The van der Waals surface area contributed by atoms with E-state index in [-0.39, 0.29) is 14.9 Å². The Hall–Kier alpha value is -1.73. The first-order chi connectivity index (χ1) is 12.3. The van der Waals surface area contributed by atoms with Gasteiger partial charge in [0.15, 0.2) is 0 Å². The minimum atomic E-state index is -3.82. The van der Waals surface area contributed by atoms with E-state index in [1.165, 1.54) is 18.2 Å². The molecule has 138 valence electrons. The summed E-state index contributed by atoms with van der Waals surface area (Å²) in [5, 5.41) is 1.40. The third kappa shape index (κ3) is 4.15. The van der Waals surface area contributed by atoms with Crippen molar-refractivity contribution in [3.63, 3.8) is 0 Å². The fourth-order valence-electron chi connectivity index (χ4n) is 2.77. The van der Waals surface area contributed by atoms with Crippen molar-refractivity contribution in [3.05, 3.63) is 58.2 Å². The molecule has 0 aliphatic carbocycles. The van der Waals surface area contributed by atoms with Gasteiger partial charge in [-0.05, 0) is 56.4 Å². The van der Waals surface area contributed by atoms with Crippen molar-refractivity contribution in [2.45, 2.75) is 11.3 Å². The lowest BCUT2D eigenvalue weighted by molar-refractivity contribution is 0.414. The van der Waals surface area contributed by atoms with Crippen LogP contribution in [-0.2, 0) is 16.4 Å². The number of halogens is 2. The highest BCUT2D eigenvalue weighted by atomic mass is 35.5. The van der Waals surface area contributed by atoms with Crippen LogP contribution in [0.3, 0.4) is 0 Å². The molecule has 3 rings (SSSR count). The predicted octanol–water partition coefficient (Wildman–Crippen LogP) is 4.38. The van der Waals surface area contributed by atoms with E-state index >= 15 is 0 Å². The first-order valence-electron chi connectivity index (χ1n) is 7.99. The zero-order chi connectivity index (χ0) is 18.9. The quantitative estimate of drug-likeness (QED) is 0.632. The average molecular weight is 412 g/mol. The van der Waals surface area contributed by atoms with Crippen LogP contribution in [0.25, 0.3) is 10.9 Å². The molecule has 2 aromatic carbocycles. The number of rotatable bonds is 6. The summed E-state index contributed by atoms with van der Waals surface area (Å²) >= 11 is 11.9. The van der Waals surface area contributed by atoms with E-state index < -0.39 is 10.0 Å². The highest BCUT2D eigenvalue weighted by Gasteiger charge is 2.18. The SMILES string of the molecule is CN(C)CCc1c[nH]c2cccc(NS(=O)(=O)c3cc(Cl)cc(Cl)c3)c12. The molecule has 0 amide bonds.